The quantitative estimate of drug-likeness (QED) is 0.462. The van der Waals surface area contributed by atoms with Crippen LogP contribution in [0.2, 0.25) is 0 Å². The van der Waals surface area contributed by atoms with Crippen molar-refractivity contribution in [3.8, 4) is 0 Å². The van der Waals surface area contributed by atoms with Crippen LogP contribution in [0, 0.1) is 0 Å². The SMILES string of the molecule is CCOP(=O)(CC(CCc1c[nH]c2ccccc12)c1ccc[nH]1)OCC. The van der Waals surface area contributed by atoms with E-state index in [1.165, 1.54) is 10.9 Å². The third-order valence-electron chi connectivity index (χ3n) is 4.59. The molecule has 1 atom stereocenters. The molecule has 0 saturated carbocycles. The zero-order valence-corrected chi connectivity index (χ0v) is 16.3. The summed E-state index contributed by atoms with van der Waals surface area (Å²) in [5.41, 5.74) is 3.50. The minimum Gasteiger partial charge on any atom is -0.365 e. The van der Waals surface area contributed by atoms with Crippen LogP contribution in [0.4, 0.5) is 0 Å². The number of hydrogen-bond donors (Lipinski definition) is 2. The summed E-state index contributed by atoms with van der Waals surface area (Å²) in [5, 5.41) is 1.25. The molecule has 2 N–H and O–H groups in total. The van der Waals surface area contributed by atoms with Gasteiger partial charge in [-0.1, -0.05) is 18.2 Å². The van der Waals surface area contributed by atoms with Gasteiger partial charge >= 0.3 is 7.60 Å². The molecular formula is C20H27N2O3P. The number of aromatic nitrogens is 2. The second-order valence-electron chi connectivity index (χ2n) is 6.35. The van der Waals surface area contributed by atoms with Crippen LogP contribution in [-0.2, 0) is 20.0 Å². The van der Waals surface area contributed by atoms with Crippen LogP contribution < -0.4 is 0 Å². The molecule has 0 aliphatic heterocycles. The van der Waals surface area contributed by atoms with E-state index in [2.05, 4.69) is 34.4 Å². The molecule has 3 rings (SSSR count). The number of hydrogen-bond acceptors (Lipinski definition) is 3. The summed E-state index contributed by atoms with van der Waals surface area (Å²) in [5.74, 6) is 0.0857. The Labute approximate surface area is 154 Å². The average Bonchev–Trinajstić information content (AvgIpc) is 3.29. The van der Waals surface area contributed by atoms with Gasteiger partial charge in [-0.2, -0.15) is 0 Å². The molecular weight excluding hydrogens is 347 g/mol. The van der Waals surface area contributed by atoms with Crippen molar-refractivity contribution < 1.29 is 13.6 Å². The van der Waals surface area contributed by atoms with E-state index in [0.717, 1.165) is 24.1 Å². The molecule has 0 saturated heterocycles. The summed E-state index contributed by atoms with van der Waals surface area (Å²) in [4.78, 5) is 6.59. The number of para-hydroxylation sites is 1. The number of fused-ring (bicyclic) bond motifs is 1. The highest BCUT2D eigenvalue weighted by Crippen LogP contribution is 2.51. The van der Waals surface area contributed by atoms with Gasteiger partial charge in [0.2, 0.25) is 0 Å². The summed E-state index contributed by atoms with van der Waals surface area (Å²) in [6.45, 7) is 4.47. The average molecular weight is 374 g/mol. The summed E-state index contributed by atoms with van der Waals surface area (Å²) in [7, 11) is -3.10. The van der Waals surface area contributed by atoms with E-state index in [-0.39, 0.29) is 5.92 Å². The number of nitrogens with one attached hydrogen (secondary N) is 2. The third-order valence-corrected chi connectivity index (χ3v) is 6.79. The van der Waals surface area contributed by atoms with Gasteiger partial charge in [0.1, 0.15) is 0 Å². The van der Waals surface area contributed by atoms with Crippen molar-refractivity contribution >= 4 is 18.5 Å². The molecule has 26 heavy (non-hydrogen) atoms. The molecule has 3 aromatic rings. The fraction of sp³-hybridized carbons (Fsp3) is 0.400. The van der Waals surface area contributed by atoms with Crippen molar-refractivity contribution in [3.63, 3.8) is 0 Å². The van der Waals surface area contributed by atoms with Gasteiger partial charge in [0, 0.05) is 34.9 Å². The standard InChI is InChI=1S/C20H27N2O3P/c1-3-24-26(23,25-4-2)15-17(19-10-7-13-21-19)12-11-16-14-22-20-9-6-5-8-18(16)20/h5-10,13-14,17,21-22H,3-4,11-12,15H2,1-2H3. The van der Waals surface area contributed by atoms with Crippen LogP contribution in [-0.4, -0.2) is 29.3 Å². The zero-order chi connectivity index (χ0) is 18.4. The minimum absolute atomic E-state index is 0.0857. The van der Waals surface area contributed by atoms with Gasteiger partial charge in [-0.25, -0.2) is 0 Å². The molecule has 1 aromatic carbocycles. The summed E-state index contributed by atoms with van der Waals surface area (Å²) in [6, 6.07) is 12.3. The first-order chi connectivity index (χ1) is 12.6. The maximum Gasteiger partial charge on any atom is 0.331 e. The summed E-state index contributed by atoms with van der Waals surface area (Å²) < 4.78 is 24.1. The van der Waals surface area contributed by atoms with Crippen LogP contribution in [0.25, 0.3) is 10.9 Å². The van der Waals surface area contributed by atoms with Gasteiger partial charge in [-0.15, -0.1) is 0 Å². The van der Waals surface area contributed by atoms with Gasteiger partial charge in [0.25, 0.3) is 0 Å². The van der Waals surface area contributed by atoms with Crippen LogP contribution in [0.3, 0.4) is 0 Å². The van der Waals surface area contributed by atoms with Crippen LogP contribution >= 0.6 is 7.60 Å². The third kappa shape index (κ3) is 4.47. The van der Waals surface area contributed by atoms with E-state index >= 15 is 0 Å². The molecule has 0 fully saturated rings. The number of aryl methyl sites for hydroxylation is 1. The first kappa shape index (κ1) is 19.0. The van der Waals surface area contributed by atoms with E-state index in [1.54, 1.807) is 0 Å². The van der Waals surface area contributed by atoms with Crippen molar-refractivity contribution in [1.29, 1.82) is 0 Å². The molecule has 0 bridgehead atoms. The second-order valence-corrected chi connectivity index (χ2v) is 8.45. The summed E-state index contributed by atoms with van der Waals surface area (Å²) >= 11 is 0. The fourth-order valence-electron chi connectivity index (χ4n) is 3.42. The van der Waals surface area contributed by atoms with Crippen LogP contribution in [0.15, 0.2) is 48.8 Å². The molecule has 1 unspecified atom stereocenters. The Bertz CT molecular complexity index is 847. The Morgan fingerprint density at radius 1 is 1.04 bits per heavy atom. The lowest BCUT2D eigenvalue weighted by atomic mass is 9.98. The lowest BCUT2D eigenvalue weighted by Crippen LogP contribution is -2.11. The van der Waals surface area contributed by atoms with Gasteiger partial charge in [0.05, 0.1) is 19.4 Å². The lowest BCUT2D eigenvalue weighted by molar-refractivity contribution is 0.218. The Morgan fingerprint density at radius 3 is 2.50 bits per heavy atom. The number of aromatic amines is 2. The zero-order valence-electron chi connectivity index (χ0n) is 15.4. The van der Waals surface area contributed by atoms with Gasteiger partial charge in [0.15, 0.2) is 0 Å². The van der Waals surface area contributed by atoms with Gasteiger partial charge < -0.3 is 19.0 Å². The predicted molar refractivity (Wildman–Crippen MR) is 106 cm³/mol. The topological polar surface area (TPSA) is 67.1 Å². The first-order valence-corrected chi connectivity index (χ1v) is 10.9. The van der Waals surface area contributed by atoms with E-state index in [4.69, 9.17) is 9.05 Å². The highest BCUT2D eigenvalue weighted by molar-refractivity contribution is 7.53. The molecule has 2 aromatic heterocycles. The van der Waals surface area contributed by atoms with Crippen molar-refractivity contribution in [2.24, 2.45) is 0 Å². The number of H-pyrrole nitrogens is 2. The smallest absolute Gasteiger partial charge is 0.331 e. The Balaban J connectivity index is 1.77. The van der Waals surface area contributed by atoms with E-state index in [1.807, 2.05) is 38.2 Å². The first-order valence-electron chi connectivity index (χ1n) is 9.21. The fourth-order valence-corrected chi connectivity index (χ4v) is 5.41. The summed E-state index contributed by atoms with van der Waals surface area (Å²) in [6.07, 6.45) is 6.12. The Hall–Kier alpha value is -1.81. The molecule has 0 radical (unpaired) electrons. The highest BCUT2D eigenvalue weighted by atomic mass is 31.2. The monoisotopic (exact) mass is 374 g/mol. The van der Waals surface area contributed by atoms with Crippen LogP contribution in [0.1, 0.15) is 37.4 Å². The second kappa shape index (κ2) is 8.72. The molecule has 6 heteroatoms. The minimum atomic E-state index is -3.10. The number of rotatable bonds is 10. The van der Waals surface area contributed by atoms with E-state index in [0.29, 0.717) is 19.4 Å². The van der Waals surface area contributed by atoms with Crippen molar-refractivity contribution in [2.75, 3.05) is 19.4 Å². The molecule has 140 valence electrons. The Morgan fingerprint density at radius 2 is 1.81 bits per heavy atom. The molecule has 0 aliphatic rings. The molecule has 0 amide bonds. The maximum atomic E-state index is 13.0. The van der Waals surface area contributed by atoms with E-state index < -0.39 is 7.60 Å². The van der Waals surface area contributed by atoms with Crippen molar-refractivity contribution in [2.45, 2.75) is 32.6 Å². The number of benzene rings is 1. The van der Waals surface area contributed by atoms with Gasteiger partial charge in [-0.05, 0) is 50.5 Å². The highest BCUT2D eigenvalue weighted by Gasteiger charge is 2.29. The van der Waals surface area contributed by atoms with Crippen molar-refractivity contribution in [3.05, 3.63) is 60.0 Å². The largest absolute Gasteiger partial charge is 0.365 e. The van der Waals surface area contributed by atoms with Gasteiger partial charge in [-0.3, -0.25) is 4.57 Å². The predicted octanol–water partition coefficient (Wildman–Crippen LogP) is 5.48. The van der Waals surface area contributed by atoms with E-state index in [9.17, 15) is 4.57 Å². The van der Waals surface area contributed by atoms with Crippen molar-refractivity contribution in [1.82, 2.24) is 9.97 Å². The molecule has 2 heterocycles. The lowest BCUT2D eigenvalue weighted by Gasteiger charge is -2.22. The normalized spacial score (nSPS) is 13.3. The molecule has 5 nitrogen and oxygen atoms in total. The molecule has 0 spiro atoms. The Kier molecular flexibility index (Phi) is 6.36. The van der Waals surface area contributed by atoms with Crippen LogP contribution in [0.5, 0.6) is 0 Å². The maximum absolute atomic E-state index is 13.0. The molecule has 0 aliphatic carbocycles.